The SMILES string of the molecule is Cc1ccc([C@@H](C)NC(=O)c2cc(NS(=O)(=O)c3ccc(C)cc3)ccc2Cl)cc1. The Kier molecular flexibility index (Phi) is 6.48. The molecule has 0 radical (unpaired) electrons. The van der Waals surface area contributed by atoms with Gasteiger partial charge in [-0.05, 0) is 56.7 Å². The van der Waals surface area contributed by atoms with Gasteiger partial charge in [0, 0.05) is 5.69 Å². The van der Waals surface area contributed by atoms with E-state index >= 15 is 0 Å². The summed E-state index contributed by atoms with van der Waals surface area (Å²) in [7, 11) is -3.78. The van der Waals surface area contributed by atoms with Crippen LogP contribution in [0.3, 0.4) is 0 Å². The zero-order valence-electron chi connectivity index (χ0n) is 16.9. The molecular formula is C23H23ClN2O3S. The van der Waals surface area contributed by atoms with Gasteiger partial charge in [-0.15, -0.1) is 0 Å². The summed E-state index contributed by atoms with van der Waals surface area (Å²) in [5, 5.41) is 3.14. The Morgan fingerprint density at radius 2 is 1.47 bits per heavy atom. The number of amides is 1. The van der Waals surface area contributed by atoms with Crippen LogP contribution < -0.4 is 10.0 Å². The van der Waals surface area contributed by atoms with Gasteiger partial charge < -0.3 is 5.32 Å². The number of hydrogen-bond acceptors (Lipinski definition) is 3. The van der Waals surface area contributed by atoms with E-state index in [0.29, 0.717) is 0 Å². The Bertz CT molecular complexity index is 1160. The molecule has 5 nitrogen and oxygen atoms in total. The predicted molar refractivity (Wildman–Crippen MR) is 120 cm³/mol. The maximum atomic E-state index is 12.8. The molecule has 0 aliphatic heterocycles. The molecule has 0 bridgehead atoms. The molecule has 3 aromatic carbocycles. The van der Waals surface area contributed by atoms with Crippen LogP contribution in [0.15, 0.2) is 71.6 Å². The van der Waals surface area contributed by atoms with Crippen molar-refractivity contribution in [3.05, 3.63) is 94.0 Å². The van der Waals surface area contributed by atoms with Gasteiger partial charge in [0.1, 0.15) is 0 Å². The maximum absolute atomic E-state index is 12.8. The quantitative estimate of drug-likeness (QED) is 0.547. The number of benzene rings is 3. The maximum Gasteiger partial charge on any atom is 0.261 e. The molecule has 30 heavy (non-hydrogen) atoms. The molecule has 0 heterocycles. The predicted octanol–water partition coefficient (Wildman–Crippen LogP) is 5.25. The third kappa shape index (κ3) is 5.20. The Labute approximate surface area is 182 Å². The summed E-state index contributed by atoms with van der Waals surface area (Å²) in [5.41, 5.74) is 3.50. The summed E-state index contributed by atoms with van der Waals surface area (Å²) in [5.74, 6) is -0.385. The van der Waals surface area contributed by atoms with Gasteiger partial charge in [0.15, 0.2) is 0 Å². The van der Waals surface area contributed by atoms with Gasteiger partial charge in [-0.2, -0.15) is 0 Å². The Balaban J connectivity index is 1.79. The van der Waals surface area contributed by atoms with Crippen molar-refractivity contribution < 1.29 is 13.2 Å². The number of nitrogens with one attached hydrogen (secondary N) is 2. The van der Waals surface area contributed by atoms with Gasteiger partial charge in [-0.25, -0.2) is 8.42 Å². The van der Waals surface area contributed by atoms with Crippen molar-refractivity contribution >= 4 is 33.2 Å². The first-order chi connectivity index (χ1) is 14.2. The topological polar surface area (TPSA) is 75.3 Å². The third-order valence-electron chi connectivity index (χ3n) is 4.72. The van der Waals surface area contributed by atoms with Crippen molar-refractivity contribution in [2.24, 2.45) is 0 Å². The zero-order valence-corrected chi connectivity index (χ0v) is 18.5. The number of sulfonamides is 1. The Hall–Kier alpha value is -2.83. The number of halogens is 1. The van der Waals surface area contributed by atoms with Crippen LogP contribution in [0.5, 0.6) is 0 Å². The number of anilines is 1. The summed E-state index contributed by atoms with van der Waals surface area (Å²) in [4.78, 5) is 12.9. The summed E-state index contributed by atoms with van der Waals surface area (Å²) >= 11 is 6.21. The van der Waals surface area contributed by atoms with Crippen molar-refractivity contribution in [1.82, 2.24) is 5.32 Å². The molecule has 0 fully saturated rings. The number of hydrogen-bond donors (Lipinski definition) is 2. The first-order valence-corrected chi connectivity index (χ1v) is 11.3. The highest BCUT2D eigenvalue weighted by Gasteiger charge is 2.18. The molecule has 0 aliphatic rings. The second-order valence-electron chi connectivity index (χ2n) is 7.22. The van der Waals surface area contributed by atoms with Gasteiger partial charge in [-0.1, -0.05) is 59.1 Å². The van der Waals surface area contributed by atoms with E-state index in [4.69, 9.17) is 11.6 Å². The smallest absolute Gasteiger partial charge is 0.261 e. The van der Waals surface area contributed by atoms with Crippen molar-refractivity contribution in [3.8, 4) is 0 Å². The first-order valence-electron chi connectivity index (χ1n) is 9.42. The lowest BCUT2D eigenvalue weighted by Gasteiger charge is -2.16. The van der Waals surface area contributed by atoms with E-state index in [-0.39, 0.29) is 33.1 Å². The van der Waals surface area contributed by atoms with E-state index in [9.17, 15) is 13.2 Å². The third-order valence-corrected chi connectivity index (χ3v) is 6.45. The average molecular weight is 443 g/mol. The molecule has 0 aromatic heterocycles. The minimum absolute atomic E-state index is 0.141. The molecule has 3 rings (SSSR count). The highest BCUT2D eigenvalue weighted by molar-refractivity contribution is 7.92. The minimum Gasteiger partial charge on any atom is -0.345 e. The van der Waals surface area contributed by atoms with Gasteiger partial charge >= 0.3 is 0 Å². The van der Waals surface area contributed by atoms with E-state index < -0.39 is 10.0 Å². The molecule has 156 valence electrons. The van der Waals surface area contributed by atoms with Crippen molar-refractivity contribution in [1.29, 1.82) is 0 Å². The molecule has 0 spiro atoms. The van der Waals surface area contributed by atoms with Gasteiger partial charge in [0.05, 0.1) is 21.5 Å². The van der Waals surface area contributed by atoms with E-state index in [1.54, 1.807) is 12.1 Å². The van der Waals surface area contributed by atoms with Crippen LogP contribution in [0.4, 0.5) is 5.69 Å². The van der Waals surface area contributed by atoms with Crippen LogP contribution in [0.1, 0.15) is 40.0 Å². The van der Waals surface area contributed by atoms with Crippen molar-refractivity contribution in [3.63, 3.8) is 0 Å². The highest BCUT2D eigenvalue weighted by atomic mass is 35.5. The van der Waals surface area contributed by atoms with Gasteiger partial charge in [-0.3, -0.25) is 9.52 Å². The first kappa shape index (κ1) is 21.9. The van der Waals surface area contributed by atoms with Crippen LogP contribution in [0.25, 0.3) is 0 Å². The number of carbonyl (C=O) groups excluding carboxylic acids is 1. The normalized spacial score (nSPS) is 12.3. The molecule has 0 saturated carbocycles. The van der Waals surface area contributed by atoms with Crippen LogP contribution in [-0.2, 0) is 10.0 Å². The zero-order chi connectivity index (χ0) is 21.9. The monoisotopic (exact) mass is 442 g/mol. The molecular weight excluding hydrogens is 420 g/mol. The number of carbonyl (C=O) groups is 1. The summed E-state index contributed by atoms with van der Waals surface area (Å²) < 4.78 is 27.8. The molecule has 7 heteroatoms. The van der Waals surface area contributed by atoms with E-state index in [1.807, 2.05) is 45.0 Å². The lowest BCUT2D eigenvalue weighted by atomic mass is 10.1. The molecule has 1 atom stereocenters. The second-order valence-corrected chi connectivity index (χ2v) is 9.31. The fourth-order valence-electron chi connectivity index (χ4n) is 2.91. The summed E-state index contributed by atoms with van der Waals surface area (Å²) in [6.45, 7) is 5.75. The lowest BCUT2D eigenvalue weighted by Crippen LogP contribution is -2.27. The molecule has 2 N–H and O–H groups in total. The van der Waals surface area contributed by atoms with Crippen LogP contribution in [0, 0.1) is 13.8 Å². The van der Waals surface area contributed by atoms with Crippen LogP contribution >= 0.6 is 11.6 Å². The van der Waals surface area contributed by atoms with Crippen LogP contribution in [0.2, 0.25) is 5.02 Å². The van der Waals surface area contributed by atoms with Gasteiger partial charge in [0.2, 0.25) is 0 Å². The average Bonchev–Trinajstić information content (AvgIpc) is 2.70. The lowest BCUT2D eigenvalue weighted by molar-refractivity contribution is 0.0940. The summed E-state index contributed by atoms with van der Waals surface area (Å²) in [6, 6.07) is 18.6. The molecule has 3 aromatic rings. The Morgan fingerprint density at radius 3 is 2.07 bits per heavy atom. The summed E-state index contributed by atoms with van der Waals surface area (Å²) in [6.07, 6.45) is 0. The largest absolute Gasteiger partial charge is 0.345 e. The number of rotatable bonds is 6. The molecule has 0 unspecified atom stereocenters. The highest BCUT2D eigenvalue weighted by Crippen LogP contribution is 2.24. The number of aryl methyl sites for hydroxylation is 2. The van der Waals surface area contributed by atoms with E-state index in [0.717, 1.165) is 16.7 Å². The molecule has 0 aliphatic carbocycles. The van der Waals surface area contributed by atoms with Gasteiger partial charge in [0.25, 0.3) is 15.9 Å². The second kappa shape index (κ2) is 8.90. The fourth-order valence-corrected chi connectivity index (χ4v) is 4.16. The standard InChI is InChI=1S/C23H23ClN2O3S/c1-15-4-8-18(9-5-15)17(3)25-23(27)21-14-19(10-13-22(21)24)26-30(28,29)20-11-6-16(2)7-12-20/h4-14,17,26H,1-3H3,(H,25,27)/t17-/m1/s1. The van der Waals surface area contributed by atoms with E-state index in [2.05, 4.69) is 10.0 Å². The Morgan fingerprint density at radius 1 is 0.900 bits per heavy atom. The fraction of sp³-hybridized carbons (Fsp3) is 0.174. The van der Waals surface area contributed by atoms with Crippen LogP contribution in [-0.4, -0.2) is 14.3 Å². The van der Waals surface area contributed by atoms with Crippen molar-refractivity contribution in [2.75, 3.05) is 4.72 Å². The molecule has 1 amide bonds. The minimum atomic E-state index is -3.78. The molecule has 0 saturated heterocycles. The van der Waals surface area contributed by atoms with Crippen molar-refractivity contribution in [2.45, 2.75) is 31.7 Å². The van der Waals surface area contributed by atoms with E-state index in [1.165, 1.54) is 30.3 Å².